The lowest BCUT2D eigenvalue weighted by molar-refractivity contribution is -0.121. The fourth-order valence-electron chi connectivity index (χ4n) is 3.62. The molecule has 1 saturated carbocycles. The average molecular weight is 373 g/mol. The molecule has 3 rings (SSSR count). The molecule has 0 radical (unpaired) electrons. The lowest BCUT2D eigenvalue weighted by atomic mass is 9.92. The topological polar surface area (TPSA) is 38.3 Å². The van der Waals surface area contributed by atoms with Gasteiger partial charge in [0.2, 0.25) is 5.91 Å². The summed E-state index contributed by atoms with van der Waals surface area (Å²) in [6.07, 6.45) is 1.78. The van der Waals surface area contributed by atoms with Crippen molar-refractivity contribution in [3.8, 4) is 5.75 Å². The zero-order chi connectivity index (χ0) is 19.4. The molecule has 144 valence electrons. The van der Waals surface area contributed by atoms with E-state index < -0.39 is 17.0 Å². The molecule has 3 nitrogen and oxygen atoms in total. The van der Waals surface area contributed by atoms with E-state index in [9.17, 15) is 13.6 Å². The van der Waals surface area contributed by atoms with Crippen LogP contribution in [0.1, 0.15) is 37.8 Å². The number of aryl methyl sites for hydroxylation is 1. The molecule has 0 spiro atoms. The smallest absolute Gasteiger partial charge is 0.220 e. The normalized spacial score (nSPS) is 21.0. The number of ether oxygens (including phenoxy) is 1. The van der Waals surface area contributed by atoms with Gasteiger partial charge in [0.05, 0.1) is 6.61 Å². The predicted octanol–water partition coefficient (Wildman–Crippen LogP) is 4.39. The second-order valence-corrected chi connectivity index (χ2v) is 7.24. The SMILES string of the molecule is CCOc1ccc(CCC(=O)NCC2(c3ccc(F)cc3F)CC2C)cc1. The Morgan fingerprint density at radius 1 is 1.22 bits per heavy atom. The summed E-state index contributed by atoms with van der Waals surface area (Å²) in [5.41, 5.74) is 1.13. The van der Waals surface area contributed by atoms with E-state index >= 15 is 0 Å². The molecule has 1 aliphatic carbocycles. The number of rotatable bonds is 8. The Kier molecular flexibility index (Phi) is 5.78. The van der Waals surface area contributed by atoms with E-state index in [0.29, 0.717) is 31.6 Å². The number of halogens is 2. The highest BCUT2D eigenvalue weighted by molar-refractivity contribution is 5.76. The molecule has 0 heterocycles. The van der Waals surface area contributed by atoms with Gasteiger partial charge >= 0.3 is 0 Å². The predicted molar refractivity (Wildman–Crippen MR) is 101 cm³/mol. The van der Waals surface area contributed by atoms with Crippen LogP contribution in [-0.2, 0) is 16.6 Å². The number of nitrogens with one attached hydrogen (secondary N) is 1. The van der Waals surface area contributed by atoms with Crippen LogP contribution in [0.3, 0.4) is 0 Å². The quantitative estimate of drug-likeness (QED) is 0.745. The molecule has 27 heavy (non-hydrogen) atoms. The van der Waals surface area contributed by atoms with Gasteiger partial charge in [-0.05, 0) is 55.0 Å². The maximum absolute atomic E-state index is 14.2. The molecule has 2 unspecified atom stereocenters. The third-order valence-corrected chi connectivity index (χ3v) is 5.40. The van der Waals surface area contributed by atoms with Crippen LogP contribution in [0.25, 0.3) is 0 Å². The van der Waals surface area contributed by atoms with E-state index in [1.54, 1.807) is 0 Å². The average Bonchev–Trinajstić information content (AvgIpc) is 3.30. The van der Waals surface area contributed by atoms with Crippen LogP contribution in [0.4, 0.5) is 8.78 Å². The van der Waals surface area contributed by atoms with Gasteiger partial charge in [-0.25, -0.2) is 8.78 Å². The van der Waals surface area contributed by atoms with Crippen LogP contribution in [0.5, 0.6) is 5.75 Å². The molecular formula is C22H25F2NO2. The van der Waals surface area contributed by atoms with E-state index in [-0.39, 0.29) is 11.8 Å². The molecule has 1 aliphatic rings. The van der Waals surface area contributed by atoms with Gasteiger partial charge in [-0.1, -0.05) is 25.1 Å². The van der Waals surface area contributed by atoms with Gasteiger partial charge in [0, 0.05) is 24.4 Å². The largest absolute Gasteiger partial charge is 0.494 e. The zero-order valence-electron chi connectivity index (χ0n) is 15.7. The summed E-state index contributed by atoms with van der Waals surface area (Å²) in [4.78, 5) is 12.2. The monoisotopic (exact) mass is 373 g/mol. The van der Waals surface area contributed by atoms with E-state index in [1.807, 2.05) is 38.1 Å². The Bertz CT molecular complexity index is 806. The molecule has 2 aromatic rings. The van der Waals surface area contributed by atoms with Crippen molar-refractivity contribution in [3.05, 3.63) is 65.2 Å². The number of carbonyl (C=O) groups is 1. The molecule has 2 aromatic carbocycles. The number of benzene rings is 2. The Labute approximate surface area is 158 Å². The first-order valence-electron chi connectivity index (χ1n) is 9.38. The summed E-state index contributed by atoms with van der Waals surface area (Å²) in [5.74, 6) is -0.118. The van der Waals surface area contributed by atoms with E-state index in [0.717, 1.165) is 23.8 Å². The van der Waals surface area contributed by atoms with Gasteiger partial charge in [-0.3, -0.25) is 4.79 Å². The number of hydrogen-bond acceptors (Lipinski definition) is 2. The van der Waals surface area contributed by atoms with Crippen LogP contribution in [-0.4, -0.2) is 19.1 Å². The zero-order valence-corrected chi connectivity index (χ0v) is 15.7. The number of amides is 1. The van der Waals surface area contributed by atoms with Crippen molar-refractivity contribution in [1.82, 2.24) is 5.32 Å². The molecule has 5 heteroatoms. The van der Waals surface area contributed by atoms with Gasteiger partial charge in [0.25, 0.3) is 0 Å². The number of carbonyl (C=O) groups excluding carboxylic acids is 1. The van der Waals surface area contributed by atoms with Gasteiger partial charge in [-0.2, -0.15) is 0 Å². The van der Waals surface area contributed by atoms with E-state index in [4.69, 9.17) is 4.74 Å². The maximum Gasteiger partial charge on any atom is 0.220 e. The molecule has 1 amide bonds. The Morgan fingerprint density at radius 3 is 2.52 bits per heavy atom. The molecule has 0 saturated heterocycles. The Hall–Kier alpha value is -2.43. The fourth-order valence-corrected chi connectivity index (χ4v) is 3.62. The highest BCUT2D eigenvalue weighted by Gasteiger charge is 2.53. The van der Waals surface area contributed by atoms with Crippen molar-refractivity contribution in [2.24, 2.45) is 5.92 Å². The Balaban J connectivity index is 1.53. The third kappa shape index (κ3) is 4.46. The van der Waals surface area contributed by atoms with E-state index in [2.05, 4.69) is 5.32 Å². The summed E-state index contributed by atoms with van der Waals surface area (Å²) in [5, 5.41) is 2.93. The minimum Gasteiger partial charge on any atom is -0.494 e. The van der Waals surface area contributed by atoms with Crippen molar-refractivity contribution in [1.29, 1.82) is 0 Å². The van der Waals surface area contributed by atoms with Crippen molar-refractivity contribution in [2.45, 2.75) is 38.5 Å². The van der Waals surface area contributed by atoms with Gasteiger partial charge in [0.15, 0.2) is 0 Å². The molecule has 1 fully saturated rings. The standard InChI is InChI=1S/C22H25F2NO2/c1-3-27-18-8-4-16(5-9-18)6-11-21(26)25-14-22(13-15(22)2)19-10-7-17(23)12-20(19)24/h4-5,7-10,12,15H,3,6,11,13-14H2,1-2H3,(H,25,26). The summed E-state index contributed by atoms with van der Waals surface area (Å²) in [7, 11) is 0. The van der Waals surface area contributed by atoms with Crippen LogP contribution in [0, 0.1) is 17.6 Å². The van der Waals surface area contributed by atoms with Crippen LogP contribution >= 0.6 is 0 Å². The second kappa shape index (κ2) is 8.07. The van der Waals surface area contributed by atoms with Crippen molar-refractivity contribution in [2.75, 3.05) is 13.2 Å². The first kappa shape index (κ1) is 19.3. The lowest BCUT2D eigenvalue weighted by Crippen LogP contribution is -2.34. The fraction of sp³-hybridized carbons (Fsp3) is 0.409. The Morgan fingerprint density at radius 2 is 1.93 bits per heavy atom. The van der Waals surface area contributed by atoms with Gasteiger partial charge < -0.3 is 10.1 Å². The summed E-state index contributed by atoms with van der Waals surface area (Å²) >= 11 is 0. The second-order valence-electron chi connectivity index (χ2n) is 7.24. The third-order valence-electron chi connectivity index (χ3n) is 5.40. The maximum atomic E-state index is 14.2. The summed E-state index contributed by atoms with van der Waals surface area (Å²) < 4.78 is 32.8. The summed E-state index contributed by atoms with van der Waals surface area (Å²) in [6, 6.07) is 11.4. The van der Waals surface area contributed by atoms with Crippen LogP contribution < -0.4 is 10.1 Å². The molecule has 0 aromatic heterocycles. The highest BCUT2D eigenvalue weighted by atomic mass is 19.1. The van der Waals surface area contributed by atoms with Crippen molar-refractivity contribution >= 4 is 5.91 Å². The van der Waals surface area contributed by atoms with Crippen molar-refractivity contribution < 1.29 is 18.3 Å². The van der Waals surface area contributed by atoms with Crippen LogP contribution in [0.15, 0.2) is 42.5 Å². The molecule has 0 bridgehead atoms. The van der Waals surface area contributed by atoms with Gasteiger partial charge in [-0.15, -0.1) is 0 Å². The minimum atomic E-state index is -0.584. The molecule has 0 aliphatic heterocycles. The molecular weight excluding hydrogens is 348 g/mol. The lowest BCUT2D eigenvalue weighted by Gasteiger charge is -2.19. The number of hydrogen-bond donors (Lipinski definition) is 1. The van der Waals surface area contributed by atoms with Crippen LogP contribution in [0.2, 0.25) is 0 Å². The van der Waals surface area contributed by atoms with E-state index in [1.165, 1.54) is 12.1 Å². The van der Waals surface area contributed by atoms with Gasteiger partial charge in [0.1, 0.15) is 17.4 Å². The first-order chi connectivity index (χ1) is 12.9. The molecule has 1 N–H and O–H groups in total. The highest BCUT2D eigenvalue weighted by Crippen LogP contribution is 2.54. The first-order valence-corrected chi connectivity index (χ1v) is 9.38. The minimum absolute atomic E-state index is 0.0649. The molecule has 2 atom stereocenters. The summed E-state index contributed by atoms with van der Waals surface area (Å²) in [6.45, 7) is 4.95. The van der Waals surface area contributed by atoms with Crippen molar-refractivity contribution in [3.63, 3.8) is 0 Å².